The number of nitrogens with one attached hydrogen (secondary N) is 1. The molecule has 0 amide bonds. The number of rotatable bonds is 3. The van der Waals surface area contributed by atoms with Crippen molar-refractivity contribution in [3.63, 3.8) is 0 Å². The van der Waals surface area contributed by atoms with Crippen LogP contribution in [0.4, 0.5) is 5.69 Å². The molecule has 2 heterocycles. The van der Waals surface area contributed by atoms with Gasteiger partial charge in [-0.1, -0.05) is 0 Å². The van der Waals surface area contributed by atoms with Gasteiger partial charge in [0, 0.05) is 0 Å². The molecule has 0 bridgehead atoms. The van der Waals surface area contributed by atoms with E-state index in [1.807, 2.05) is 6.07 Å². The molecule has 5 nitrogen and oxygen atoms in total. The number of aromatic nitrogens is 2. The van der Waals surface area contributed by atoms with E-state index in [-0.39, 0.29) is 19.2 Å². The Hall–Kier alpha value is -0.731. The van der Waals surface area contributed by atoms with Crippen molar-refractivity contribution in [3.8, 4) is 0 Å². The summed E-state index contributed by atoms with van der Waals surface area (Å²) in [5.41, 5.74) is 1.85. The maximum atomic E-state index is 12.2. The number of halogens is 1. The summed E-state index contributed by atoms with van der Waals surface area (Å²) in [7, 11) is -3.57. The van der Waals surface area contributed by atoms with Crippen molar-refractivity contribution in [1.29, 1.82) is 0 Å². The molecule has 0 aliphatic carbocycles. The van der Waals surface area contributed by atoms with Gasteiger partial charge in [-0.25, -0.2) is 0 Å². The molecule has 0 atom stereocenters. The average molecular weight is 423 g/mol. The third kappa shape index (κ3) is 2.61. The van der Waals surface area contributed by atoms with Crippen molar-refractivity contribution in [2.24, 2.45) is 0 Å². The van der Waals surface area contributed by atoms with Crippen LogP contribution in [0.5, 0.6) is 0 Å². The zero-order chi connectivity index (χ0) is 13.5. The average Bonchev–Trinajstić information content (AvgIpc) is 2.97. The van der Waals surface area contributed by atoms with Crippen LogP contribution >= 0.6 is 27.3 Å². The Morgan fingerprint density at radius 2 is 2.05 bits per heavy atom. The first-order valence-electron chi connectivity index (χ1n) is 5.06. The van der Waals surface area contributed by atoms with Crippen LogP contribution in [0.25, 0.3) is 11.0 Å². The van der Waals surface area contributed by atoms with Crippen molar-refractivity contribution < 1.29 is 8.42 Å². The summed E-state index contributed by atoms with van der Waals surface area (Å²) in [6.07, 6.45) is 0. The van der Waals surface area contributed by atoms with Crippen molar-refractivity contribution in [1.82, 2.24) is 7.96 Å². The second-order valence-electron chi connectivity index (χ2n) is 3.60. The molecule has 3 rings (SSSR count). The maximum absolute atomic E-state index is 12.2. The third-order valence-corrected chi connectivity index (χ3v) is 6.96. The first-order chi connectivity index (χ1) is 9.06. The van der Waals surface area contributed by atoms with Crippen LogP contribution in [0.2, 0.25) is 0 Å². The van der Waals surface area contributed by atoms with E-state index in [2.05, 4.69) is 28.6 Å². The van der Waals surface area contributed by atoms with Gasteiger partial charge in [0.1, 0.15) is 0 Å². The minimum atomic E-state index is -3.57. The second-order valence-corrected chi connectivity index (χ2v) is 9.08. The van der Waals surface area contributed by atoms with Crippen molar-refractivity contribution in [2.45, 2.75) is 4.21 Å². The van der Waals surface area contributed by atoms with Crippen molar-refractivity contribution in [3.05, 3.63) is 34.1 Å². The monoisotopic (exact) mass is 423 g/mol. The van der Waals surface area contributed by atoms with Crippen molar-refractivity contribution in [2.75, 3.05) is 4.72 Å². The predicted molar refractivity (Wildman–Crippen MR) is 79.3 cm³/mol. The first-order valence-corrected chi connectivity index (χ1v) is 9.68. The van der Waals surface area contributed by atoms with Crippen LogP contribution in [-0.2, 0) is 10.0 Å². The van der Waals surface area contributed by atoms with Gasteiger partial charge >= 0.3 is 128 Å². The Kier molecular flexibility index (Phi) is 3.48. The molecule has 0 fully saturated rings. The van der Waals surface area contributed by atoms with E-state index >= 15 is 0 Å². The molecule has 0 aliphatic heterocycles. The van der Waals surface area contributed by atoms with E-state index < -0.39 is 10.0 Å². The Morgan fingerprint density at radius 1 is 1.21 bits per heavy atom. The Labute approximate surface area is 128 Å². The molecule has 0 unspecified atom stereocenters. The molecule has 0 aliphatic rings. The fraction of sp³-hybridized carbons (Fsp3) is 0. The standard InChI is InChI=1S/C10H6BrN3O2S2Se/c11-8-4-5-9(17-8)18(15,16)12-6-2-1-3-7-10(6)14-19-13-7/h1-5,12H. The molecule has 9 heteroatoms. The molecular weight excluding hydrogens is 417 g/mol. The Balaban J connectivity index is 2.03. The number of nitrogens with zero attached hydrogens (tertiary/aromatic N) is 2. The van der Waals surface area contributed by atoms with E-state index in [0.717, 1.165) is 20.6 Å². The van der Waals surface area contributed by atoms with Gasteiger partial charge in [-0.3, -0.25) is 0 Å². The van der Waals surface area contributed by atoms with Crippen LogP contribution in [0.3, 0.4) is 0 Å². The molecular formula is C10H6BrN3O2S2Se. The second kappa shape index (κ2) is 4.99. The van der Waals surface area contributed by atoms with Crippen LogP contribution in [0.1, 0.15) is 0 Å². The summed E-state index contributed by atoms with van der Waals surface area (Å²) >= 11 is 4.23. The number of fused-ring (bicyclic) bond motifs is 1. The van der Waals surface area contributed by atoms with Gasteiger partial charge in [0.15, 0.2) is 0 Å². The van der Waals surface area contributed by atoms with Gasteiger partial charge in [0.05, 0.1) is 0 Å². The summed E-state index contributed by atoms with van der Waals surface area (Å²) in [5, 5.41) is 0. The normalized spacial score (nSPS) is 11.8. The topological polar surface area (TPSA) is 72.0 Å². The SMILES string of the molecule is O=S(=O)(Nc1cccc2n[se]nc12)c1ccc(Br)s1. The Bertz CT molecular complexity index is 843. The fourth-order valence-electron chi connectivity index (χ4n) is 1.53. The summed E-state index contributed by atoms with van der Waals surface area (Å²) in [5.74, 6) is 0. The van der Waals surface area contributed by atoms with E-state index in [4.69, 9.17) is 0 Å². The molecule has 0 saturated carbocycles. The summed E-state index contributed by atoms with van der Waals surface area (Å²) in [4.78, 5) is 0. The summed E-state index contributed by atoms with van der Waals surface area (Å²) in [6.45, 7) is 0. The molecule has 98 valence electrons. The van der Waals surface area contributed by atoms with Gasteiger partial charge in [0.2, 0.25) is 0 Å². The zero-order valence-corrected chi connectivity index (χ0v) is 14.1. The molecule has 1 aromatic carbocycles. The van der Waals surface area contributed by atoms with Crippen LogP contribution in [0, 0.1) is 0 Å². The summed E-state index contributed by atoms with van der Waals surface area (Å²) in [6, 6.07) is 8.55. The molecule has 2 aromatic heterocycles. The quantitative estimate of drug-likeness (QED) is 0.657. The van der Waals surface area contributed by atoms with E-state index in [1.54, 1.807) is 24.3 Å². The molecule has 19 heavy (non-hydrogen) atoms. The van der Waals surface area contributed by atoms with Gasteiger partial charge < -0.3 is 0 Å². The minimum absolute atomic E-state index is 0.185. The predicted octanol–water partition coefficient (Wildman–Crippen LogP) is 2.31. The van der Waals surface area contributed by atoms with Crippen LogP contribution in [0.15, 0.2) is 38.3 Å². The van der Waals surface area contributed by atoms with Crippen molar-refractivity contribution >= 4 is 69.0 Å². The molecule has 0 saturated heterocycles. The molecule has 3 aromatic rings. The van der Waals surface area contributed by atoms with Crippen LogP contribution in [-0.4, -0.2) is 31.3 Å². The van der Waals surface area contributed by atoms with Gasteiger partial charge in [-0.05, 0) is 0 Å². The zero-order valence-electron chi connectivity index (χ0n) is 9.20. The molecule has 0 spiro atoms. The van der Waals surface area contributed by atoms with E-state index in [9.17, 15) is 8.42 Å². The number of benzene rings is 1. The molecule has 0 radical (unpaired) electrons. The first kappa shape index (κ1) is 13.3. The van der Waals surface area contributed by atoms with Crippen LogP contribution < -0.4 is 4.72 Å². The van der Waals surface area contributed by atoms with E-state index in [0.29, 0.717) is 11.2 Å². The number of sulfonamides is 1. The molecule has 1 N–H and O–H groups in total. The third-order valence-electron chi connectivity index (χ3n) is 2.34. The fourth-order valence-corrected chi connectivity index (χ4v) is 5.76. The number of hydrogen-bond acceptors (Lipinski definition) is 5. The van der Waals surface area contributed by atoms with Gasteiger partial charge in [-0.15, -0.1) is 0 Å². The number of anilines is 1. The summed E-state index contributed by atoms with van der Waals surface area (Å²) < 4.78 is 36.5. The van der Waals surface area contributed by atoms with Gasteiger partial charge in [-0.2, -0.15) is 0 Å². The van der Waals surface area contributed by atoms with E-state index in [1.165, 1.54) is 0 Å². The van der Waals surface area contributed by atoms with Gasteiger partial charge in [0.25, 0.3) is 0 Å². The Morgan fingerprint density at radius 3 is 2.79 bits per heavy atom. The number of hydrogen-bond donors (Lipinski definition) is 1. The number of thiophene rings is 1.